The van der Waals surface area contributed by atoms with Crippen LogP contribution >= 0.6 is 23.2 Å². The summed E-state index contributed by atoms with van der Waals surface area (Å²) in [7, 11) is 0. The van der Waals surface area contributed by atoms with E-state index in [4.69, 9.17) is 37.4 Å². The highest BCUT2D eigenvalue weighted by molar-refractivity contribution is 6.35. The van der Waals surface area contributed by atoms with E-state index >= 15 is 0 Å². The van der Waals surface area contributed by atoms with Gasteiger partial charge in [0.2, 0.25) is 5.91 Å². The molecule has 4 aromatic rings. The van der Waals surface area contributed by atoms with Gasteiger partial charge in [-0.3, -0.25) is 4.79 Å². The van der Waals surface area contributed by atoms with Gasteiger partial charge in [-0.2, -0.15) is 10.5 Å². The number of rotatable bonds is 15. The summed E-state index contributed by atoms with van der Waals surface area (Å²) >= 11 is 13.9. The van der Waals surface area contributed by atoms with E-state index in [0.717, 1.165) is 73.1 Å². The molecule has 0 aromatic heterocycles. The number of likely N-dealkylation sites (tertiary alicyclic amines) is 1. The lowest BCUT2D eigenvalue weighted by atomic mass is 9.96. The number of nitrogens with zero attached hydrogens (tertiary/aromatic N) is 3. The molecule has 0 bridgehead atoms. The Balaban J connectivity index is 1.07. The van der Waals surface area contributed by atoms with Crippen molar-refractivity contribution in [3.63, 3.8) is 0 Å². The fraction of sp³-hybridized carbons (Fsp3) is 0.386. The van der Waals surface area contributed by atoms with Crippen molar-refractivity contribution >= 4 is 29.1 Å². The third-order valence-corrected chi connectivity index (χ3v) is 11.4. The van der Waals surface area contributed by atoms with Crippen LogP contribution < -0.4 is 24.8 Å². The molecule has 0 spiro atoms. The number of benzene rings is 4. The zero-order valence-corrected chi connectivity index (χ0v) is 32.6. The van der Waals surface area contributed by atoms with Crippen LogP contribution in [0.15, 0.2) is 66.7 Å². The predicted molar refractivity (Wildman–Crippen MR) is 214 cm³/mol. The summed E-state index contributed by atoms with van der Waals surface area (Å²) in [5, 5.41) is 26.4. The lowest BCUT2D eigenvalue weighted by Crippen LogP contribution is -2.35. The van der Waals surface area contributed by atoms with Crippen molar-refractivity contribution < 1.29 is 23.4 Å². The first-order valence-electron chi connectivity index (χ1n) is 19.2. The fourth-order valence-electron chi connectivity index (χ4n) is 7.79. The highest BCUT2D eigenvalue weighted by Crippen LogP contribution is 2.45. The number of hydrogen-bond donors (Lipinski definition) is 2. The van der Waals surface area contributed by atoms with E-state index in [9.17, 15) is 19.7 Å². The topological polar surface area (TPSA) is 120 Å². The molecular formula is C44H44Cl2FN5O4. The zero-order valence-electron chi connectivity index (χ0n) is 31.1. The number of ether oxygens (including phenoxy) is 3. The normalized spacial score (nSPS) is 18.2. The molecule has 9 nitrogen and oxygen atoms in total. The van der Waals surface area contributed by atoms with Gasteiger partial charge in [0, 0.05) is 62.4 Å². The number of piperidine rings is 1. The molecule has 2 saturated heterocycles. The second-order valence-corrected chi connectivity index (χ2v) is 15.4. The van der Waals surface area contributed by atoms with Gasteiger partial charge in [-0.05, 0) is 91.1 Å². The lowest BCUT2D eigenvalue weighted by molar-refractivity contribution is -0.119. The van der Waals surface area contributed by atoms with E-state index < -0.39 is 6.17 Å². The van der Waals surface area contributed by atoms with Gasteiger partial charge in [0.25, 0.3) is 0 Å². The highest BCUT2D eigenvalue weighted by Gasteiger charge is 2.29. The Hall–Kier alpha value is -4.84. The van der Waals surface area contributed by atoms with Gasteiger partial charge < -0.3 is 29.7 Å². The molecule has 2 N–H and O–H groups in total. The maximum Gasteiger partial charge on any atom is 0.220 e. The van der Waals surface area contributed by atoms with E-state index in [2.05, 4.69) is 39.8 Å². The van der Waals surface area contributed by atoms with Crippen molar-refractivity contribution in [3.8, 4) is 40.5 Å². The first kappa shape index (κ1) is 39.4. The summed E-state index contributed by atoms with van der Waals surface area (Å²) in [6.45, 7) is 4.12. The molecule has 7 rings (SSSR count). The Labute approximate surface area is 337 Å². The van der Waals surface area contributed by atoms with Crippen LogP contribution in [0.2, 0.25) is 10.0 Å². The van der Waals surface area contributed by atoms with Crippen molar-refractivity contribution in [2.45, 2.75) is 76.4 Å². The van der Waals surface area contributed by atoms with Crippen molar-refractivity contribution in [2.75, 3.05) is 32.8 Å². The van der Waals surface area contributed by atoms with Crippen LogP contribution in [0.3, 0.4) is 0 Å². The monoisotopic (exact) mass is 795 g/mol. The number of fused-ring (bicyclic) bond motifs is 1. The minimum absolute atomic E-state index is 0.0581. The van der Waals surface area contributed by atoms with Gasteiger partial charge >= 0.3 is 0 Å². The van der Waals surface area contributed by atoms with Crippen LogP contribution in [0.4, 0.5) is 4.39 Å². The average Bonchev–Trinajstić information content (AvgIpc) is 3.83. The molecule has 1 aliphatic carbocycles. The Morgan fingerprint density at radius 3 is 2.39 bits per heavy atom. The number of alkyl halides is 1. The Bertz CT molecular complexity index is 2110. The minimum atomic E-state index is -0.678. The second kappa shape index (κ2) is 18.4. The van der Waals surface area contributed by atoms with Gasteiger partial charge in [-0.25, -0.2) is 4.39 Å². The molecule has 290 valence electrons. The average molecular weight is 797 g/mol. The maximum absolute atomic E-state index is 13.5. The van der Waals surface area contributed by atoms with Gasteiger partial charge in [0.05, 0.1) is 39.9 Å². The standard InChI is InChI=1S/C44H44Cl2FN5O4/c45-38-21-31(25-50-26-33-8-11-43(53)51-33)41(55-27-30-19-28(23-48)18-29(20-30)24-49)22-42(38)56-39-10-9-35-34(4-1-5-36(35)39)37-6-2-7-40(44(37)46)54-17-3-14-52-15-12-32(47)13-16-52/h1-2,4-7,18-22,32-33,39,50H,3,8-17,25-27H2,(H,51,53)/t33-,39+/m1/s1. The fourth-order valence-corrected chi connectivity index (χ4v) is 8.30. The summed E-state index contributed by atoms with van der Waals surface area (Å²) in [4.78, 5) is 14.0. The van der Waals surface area contributed by atoms with Crippen molar-refractivity contribution in [1.82, 2.24) is 15.5 Å². The molecule has 2 heterocycles. The van der Waals surface area contributed by atoms with Crippen LogP contribution in [0.5, 0.6) is 17.2 Å². The number of amides is 1. The van der Waals surface area contributed by atoms with Crippen LogP contribution in [0, 0.1) is 22.7 Å². The maximum atomic E-state index is 13.5. The van der Waals surface area contributed by atoms with Gasteiger partial charge in [-0.15, -0.1) is 0 Å². The van der Waals surface area contributed by atoms with E-state index in [1.165, 1.54) is 0 Å². The summed E-state index contributed by atoms with van der Waals surface area (Å²) in [6.07, 6.45) is 3.91. The first-order chi connectivity index (χ1) is 27.3. The van der Waals surface area contributed by atoms with Crippen molar-refractivity contribution in [2.24, 2.45) is 0 Å². The molecule has 12 heteroatoms. The molecule has 56 heavy (non-hydrogen) atoms. The summed E-state index contributed by atoms with van der Waals surface area (Å²) < 4.78 is 32.7. The quantitative estimate of drug-likeness (QED) is 0.115. The number of nitriles is 2. The smallest absolute Gasteiger partial charge is 0.220 e. The molecule has 2 aliphatic heterocycles. The first-order valence-corrected chi connectivity index (χ1v) is 20.0. The second-order valence-electron chi connectivity index (χ2n) is 14.6. The molecule has 2 fully saturated rings. The number of nitrogens with one attached hydrogen (secondary N) is 2. The molecule has 0 radical (unpaired) electrons. The largest absolute Gasteiger partial charge is 0.492 e. The van der Waals surface area contributed by atoms with Gasteiger partial charge in [-0.1, -0.05) is 53.5 Å². The number of carbonyl (C=O) groups is 1. The Kier molecular flexibility index (Phi) is 12.9. The third kappa shape index (κ3) is 9.57. The van der Waals surface area contributed by atoms with Gasteiger partial charge in [0.15, 0.2) is 0 Å². The van der Waals surface area contributed by atoms with Crippen LogP contribution in [-0.4, -0.2) is 55.8 Å². The van der Waals surface area contributed by atoms with Crippen molar-refractivity contribution in [3.05, 3.63) is 110 Å². The molecule has 4 aromatic carbocycles. The zero-order chi connectivity index (χ0) is 39.0. The third-order valence-electron chi connectivity index (χ3n) is 10.7. The highest BCUT2D eigenvalue weighted by atomic mass is 35.5. The van der Waals surface area contributed by atoms with Crippen LogP contribution in [0.1, 0.15) is 78.0 Å². The van der Waals surface area contributed by atoms with E-state index in [-0.39, 0.29) is 24.7 Å². The SMILES string of the molecule is N#Cc1cc(C#N)cc(COc2cc(O[C@H]3CCc4c(-c5cccc(OCCCN6CCC(F)CC6)c5Cl)cccc43)c(Cl)cc2CNC[C@H]2CCC(=O)N2)c1. The molecule has 2 atom stereocenters. The lowest BCUT2D eigenvalue weighted by Gasteiger charge is -2.28. The number of halogens is 3. The number of carbonyl (C=O) groups excluding carboxylic acids is 1. The minimum Gasteiger partial charge on any atom is -0.492 e. The van der Waals surface area contributed by atoms with Crippen LogP contribution in [-0.2, 0) is 24.4 Å². The van der Waals surface area contributed by atoms with Crippen LogP contribution in [0.25, 0.3) is 11.1 Å². The summed E-state index contributed by atoms with van der Waals surface area (Å²) in [5.41, 5.74) is 6.39. The Morgan fingerprint density at radius 2 is 1.64 bits per heavy atom. The molecule has 1 amide bonds. The predicted octanol–water partition coefficient (Wildman–Crippen LogP) is 8.62. The van der Waals surface area contributed by atoms with E-state index in [0.29, 0.717) is 82.9 Å². The van der Waals surface area contributed by atoms with Gasteiger partial charge in [0.1, 0.15) is 36.1 Å². The molecule has 3 aliphatic rings. The summed E-state index contributed by atoms with van der Waals surface area (Å²) in [6, 6.07) is 24.9. The van der Waals surface area contributed by atoms with E-state index in [1.54, 1.807) is 24.3 Å². The van der Waals surface area contributed by atoms with E-state index in [1.807, 2.05) is 30.3 Å². The molecule has 0 unspecified atom stereocenters. The number of hydrogen-bond acceptors (Lipinski definition) is 8. The van der Waals surface area contributed by atoms with Crippen molar-refractivity contribution in [1.29, 1.82) is 10.5 Å². The summed E-state index contributed by atoms with van der Waals surface area (Å²) in [5.74, 6) is 1.72. The molecular weight excluding hydrogens is 752 g/mol. The Morgan fingerprint density at radius 1 is 0.875 bits per heavy atom. The molecule has 0 saturated carbocycles.